The molecule has 182 valence electrons. The van der Waals surface area contributed by atoms with Crippen LogP contribution in [-0.4, -0.2) is 61.0 Å². The maximum absolute atomic E-state index is 14.9. The molecule has 3 nitrogen and oxygen atoms in total. The second-order valence-electron chi connectivity index (χ2n) is 10.5. The number of alkyl halides is 2. The fraction of sp³-hybridized carbons (Fsp3) is 0.500. The maximum atomic E-state index is 14.9. The Labute approximate surface area is 205 Å². The van der Waals surface area contributed by atoms with Crippen LogP contribution in [0.1, 0.15) is 42.8 Å². The van der Waals surface area contributed by atoms with Crippen molar-refractivity contribution in [1.82, 2.24) is 9.80 Å². The lowest BCUT2D eigenvalue weighted by atomic mass is 9.87. The van der Waals surface area contributed by atoms with Gasteiger partial charge in [0.15, 0.2) is 0 Å². The molecule has 0 radical (unpaired) electrons. The zero-order chi connectivity index (χ0) is 23.9. The highest BCUT2D eigenvalue weighted by molar-refractivity contribution is 7.19. The van der Waals surface area contributed by atoms with Gasteiger partial charge >= 0.3 is 0 Å². The molecule has 1 fully saturated rings. The lowest BCUT2D eigenvalue weighted by Gasteiger charge is -2.43. The molecule has 0 aliphatic carbocycles. The number of ether oxygens (including phenoxy) is 1. The number of hydrogen-bond acceptors (Lipinski definition) is 4. The van der Waals surface area contributed by atoms with Gasteiger partial charge in [0.05, 0.1) is 12.7 Å². The van der Waals surface area contributed by atoms with Gasteiger partial charge in [-0.2, -0.15) is 0 Å². The van der Waals surface area contributed by atoms with E-state index in [1.165, 1.54) is 26.1 Å². The molecule has 2 atom stereocenters. The van der Waals surface area contributed by atoms with E-state index in [1.807, 2.05) is 23.5 Å². The van der Waals surface area contributed by atoms with E-state index in [1.54, 1.807) is 13.8 Å². The maximum Gasteiger partial charge on any atom is 0.119 e. The molecule has 3 aromatic rings. The van der Waals surface area contributed by atoms with E-state index in [9.17, 15) is 8.78 Å². The first kappa shape index (κ1) is 23.7. The number of fused-ring (bicyclic) bond motifs is 3. The van der Waals surface area contributed by atoms with Crippen LogP contribution in [0.25, 0.3) is 10.1 Å². The lowest BCUT2D eigenvalue weighted by molar-refractivity contribution is 0.0666. The molecule has 3 heterocycles. The zero-order valence-electron chi connectivity index (χ0n) is 20.3. The Morgan fingerprint density at radius 2 is 1.82 bits per heavy atom. The highest BCUT2D eigenvalue weighted by atomic mass is 32.1. The van der Waals surface area contributed by atoms with Crippen molar-refractivity contribution in [3.8, 4) is 5.75 Å². The van der Waals surface area contributed by atoms with Gasteiger partial charge in [0.25, 0.3) is 0 Å². The third-order valence-corrected chi connectivity index (χ3v) is 8.25. The van der Waals surface area contributed by atoms with Gasteiger partial charge in [-0.25, -0.2) is 4.39 Å². The molecule has 2 aromatic carbocycles. The molecule has 34 heavy (non-hydrogen) atoms. The number of halogens is 2. The van der Waals surface area contributed by atoms with E-state index in [0.29, 0.717) is 13.2 Å². The number of hydrogen-bond donors (Lipinski definition) is 0. The van der Waals surface area contributed by atoms with Gasteiger partial charge in [-0.1, -0.05) is 30.3 Å². The van der Waals surface area contributed by atoms with Gasteiger partial charge in [0.2, 0.25) is 0 Å². The van der Waals surface area contributed by atoms with E-state index in [0.717, 1.165) is 31.8 Å². The highest BCUT2D eigenvalue weighted by Gasteiger charge is 2.38. The normalized spacial score (nSPS) is 22.0. The molecule has 0 N–H and O–H groups in total. The second-order valence-corrected chi connectivity index (χ2v) is 11.6. The highest BCUT2D eigenvalue weighted by Crippen LogP contribution is 2.46. The molecule has 1 saturated heterocycles. The van der Waals surface area contributed by atoms with E-state index < -0.39 is 5.67 Å². The fourth-order valence-electron chi connectivity index (χ4n) is 5.41. The van der Waals surface area contributed by atoms with Crippen LogP contribution < -0.4 is 4.74 Å². The average Bonchev–Trinajstić information content (AvgIpc) is 3.13. The van der Waals surface area contributed by atoms with Gasteiger partial charge in [0, 0.05) is 47.7 Å². The van der Waals surface area contributed by atoms with Gasteiger partial charge < -0.3 is 4.74 Å². The summed E-state index contributed by atoms with van der Waals surface area (Å²) in [5.41, 5.74) is 1.22. The van der Waals surface area contributed by atoms with Crippen molar-refractivity contribution >= 4 is 21.4 Å². The first-order chi connectivity index (χ1) is 16.3. The minimum absolute atomic E-state index is 0.0118. The largest absolute Gasteiger partial charge is 0.492 e. The first-order valence-corrected chi connectivity index (χ1v) is 13.1. The van der Waals surface area contributed by atoms with Crippen molar-refractivity contribution in [1.29, 1.82) is 0 Å². The van der Waals surface area contributed by atoms with Gasteiger partial charge in [-0.15, -0.1) is 11.3 Å². The van der Waals surface area contributed by atoms with Crippen LogP contribution >= 0.6 is 11.3 Å². The monoisotopic (exact) mass is 484 g/mol. The van der Waals surface area contributed by atoms with Crippen LogP contribution in [0.4, 0.5) is 8.78 Å². The fourth-order valence-corrected chi connectivity index (χ4v) is 6.76. The standard InChI is InChI=1S/C28H34F2N2OS/c1-19-14-25-26(23-6-4-5-7-24(23)34-25)27(32(19)18-28(2,3)30)21-8-10-22(11-9-21)33-13-12-31-16-20(15-29)17-31/h4-11,19-20,27H,12-18H2,1-3H3. The molecule has 2 unspecified atom stereocenters. The minimum Gasteiger partial charge on any atom is -0.492 e. The number of thiophene rings is 1. The van der Waals surface area contributed by atoms with Crippen LogP contribution in [0.5, 0.6) is 5.75 Å². The van der Waals surface area contributed by atoms with E-state index >= 15 is 0 Å². The van der Waals surface area contributed by atoms with Crippen LogP contribution in [0.3, 0.4) is 0 Å². The Hall–Kier alpha value is -2.02. The van der Waals surface area contributed by atoms with E-state index in [-0.39, 0.29) is 24.7 Å². The third kappa shape index (κ3) is 4.86. The van der Waals surface area contributed by atoms with Gasteiger partial charge in [-0.3, -0.25) is 14.2 Å². The SMILES string of the molecule is CC1Cc2sc3ccccc3c2C(c2ccc(OCCN3CC(CF)C3)cc2)N1CC(C)(C)F. The van der Waals surface area contributed by atoms with Crippen molar-refractivity contribution in [2.75, 3.05) is 39.5 Å². The Kier molecular flexibility index (Phi) is 6.66. The summed E-state index contributed by atoms with van der Waals surface area (Å²) in [6.07, 6.45) is 0.947. The van der Waals surface area contributed by atoms with Gasteiger partial charge in [0.1, 0.15) is 18.0 Å². The first-order valence-electron chi connectivity index (χ1n) is 12.3. The van der Waals surface area contributed by atoms with Crippen molar-refractivity contribution in [2.45, 2.75) is 44.9 Å². The van der Waals surface area contributed by atoms with Crippen molar-refractivity contribution in [3.63, 3.8) is 0 Å². The molecule has 0 spiro atoms. The summed E-state index contributed by atoms with van der Waals surface area (Å²) in [6.45, 7) is 8.79. The smallest absolute Gasteiger partial charge is 0.119 e. The summed E-state index contributed by atoms with van der Waals surface area (Å²) in [4.78, 5) is 5.97. The summed E-state index contributed by atoms with van der Waals surface area (Å²) in [5, 5.41) is 1.28. The minimum atomic E-state index is -1.28. The number of benzene rings is 2. The molecule has 2 aliphatic rings. The zero-order valence-corrected chi connectivity index (χ0v) is 21.1. The molecule has 0 saturated carbocycles. The van der Waals surface area contributed by atoms with E-state index in [4.69, 9.17) is 4.74 Å². The molecule has 2 aliphatic heterocycles. The second kappa shape index (κ2) is 9.56. The predicted molar refractivity (Wildman–Crippen MR) is 137 cm³/mol. The van der Waals surface area contributed by atoms with Crippen LogP contribution in [0, 0.1) is 5.92 Å². The Bertz CT molecular complexity index is 1120. The Morgan fingerprint density at radius 1 is 1.09 bits per heavy atom. The summed E-state index contributed by atoms with van der Waals surface area (Å²) >= 11 is 1.87. The number of likely N-dealkylation sites (tertiary alicyclic amines) is 1. The molecule has 6 heteroatoms. The summed E-state index contributed by atoms with van der Waals surface area (Å²) in [5.74, 6) is 1.04. The lowest BCUT2D eigenvalue weighted by Crippen LogP contribution is -2.49. The predicted octanol–water partition coefficient (Wildman–Crippen LogP) is 6.27. The van der Waals surface area contributed by atoms with Gasteiger partial charge in [-0.05, 0) is 61.9 Å². The van der Waals surface area contributed by atoms with Crippen LogP contribution in [0.15, 0.2) is 48.5 Å². The average molecular weight is 485 g/mol. The molecule has 0 amide bonds. The van der Waals surface area contributed by atoms with Crippen molar-refractivity contribution in [3.05, 3.63) is 64.5 Å². The molecule has 1 aromatic heterocycles. The summed E-state index contributed by atoms with van der Waals surface area (Å²) < 4.78 is 34.8. The van der Waals surface area contributed by atoms with Crippen LogP contribution in [-0.2, 0) is 6.42 Å². The van der Waals surface area contributed by atoms with Crippen LogP contribution in [0.2, 0.25) is 0 Å². The number of nitrogens with zero attached hydrogens (tertiary/aromatic N) is 2. The van der Waals surface area contributed by atoms with Crippen molar-refractivity contribution in [2.24, 2.45) is 5.92 Å². The number of rotatable bonds is 8. The topological polar surface area (TPSA) is 15.7 Å². The molecular formula is C28H34F2N2OS. The van der Waals surface area contributed by atoms with Crippen molar-refractivity contribution < 1.29 is 13.5 Å². The quantitative estimate of drug-likeness (QED) is 0.375. The molecule has 0 bridgehead atoms. The van der Waals surface area contributed by atoms with E-state index in [2.05, 4.69) is 53.1 Å². The molecular weight excluding hydrogens is 450 g/mol. The Balaban J connectivity index is 1.39. The summed E-state index contributed by atoms with van der Waals surface area (Å²) in [6, 6.07) is 17.2. The molecule has 5 rings (SSSR count). The Morgan fingerprint density at radius 3 is 2.53 bits per heavy atom. The third-order valence-electron chi connectivity index (χ3n) is 7.04. The summed E-state index contributed by atoms with van der Waals surface area (Å²) in [7, 11) is 0.